The van der Waals surface area contributed by atoms with Crippen LogP contribution in [-0.2, 0) is 0 Å². The normalized spacial score (nSPS) is 10.6. The monoisotopic (exact) mass is 273 g/mol. The maximum Gasteiger partial charge on any atom is 0.302 e. The molecule has 5 nitrogen and oxygen atoms in total. The third-order valence-electron chi connectivity index (χ3n) is 2.50. The molecule has 94 valence electrons. The third-order valence-corrected chi connectivity index (χ3v) is 2.73. The van der Waals surface area contributed by atoms with E-state index in [1.165, 1.54) is 6.20 Å². The van der Waals surface area contributed by atoms with Crippen LogP contribution >= 0.6 is 11.6 Å². The molecule has 2 heterocycles. The highest BCUT2D eigenvalue weighted by molar-refractivity contribution is 6.29. The fraction of sp³-hybridized carbons (Fsp3) is 0. The van der Waals surface area contributed by atoms with Crippen molar-refractivity contribution >= 4 is 34.6 Å². The number of hydrogen-bond donors (Lipinski definition) is 1. The average molecular weight is 274 g/mol. The van der Waals surface area contributed by atoms with Crippen molar-refractivity contribution in [2.75, 3.05) is 5.32 Å². The lowest BCUT2D eigenvalue weighted by Gasteiger charge is -1.99. The summed E-state index contributed by atoms with van der Waals surface area (Å²) in [5.74, 6) is -0.351. The lowest BCUT2D eigenvalue weighted by Crippen LogP contribution is -2.12. The van der Waals surface area contributed by atoms with Crippen molar-refractivity contribution in [3.63, 3.8) is 0 Å². The Labute approximate surface area is 113 Å². The number of carbonyl (C=O) groups is 1. The molecule has 3 aromatic rings. The Kier molecular flexibility index (Phi) is 2.89. The average Bonchev–Trinajstić information content (AvgIpc) is 2.81. The molecule has 1 N–H and O–H groups in total. The van der Waals surface area contributed by atoms with E-state index in [0.29, 0.717) is 21.8 Å². The smallest absolute Gasteiger partial charge is 0.302 e. The molecule has 0 bridgehead atoms. The van der Waals surface area contributed by atoms with Crippen LogP contribution in [0.4, 0.5) is 6.01 Å². The summed E-state index contributed by atoms with van der Waals surface area (Å²) in [6.07, 6.45) is 1.39. The van der Waals surface area contributed by atoms with E-state index in [1.807, 2.05) is 12.1 Å². The third kappa shape index (κ3) is 2.41. The van der Waals surface area contributed by atoms with E-state index >= 15 is 0 Å². The van der Waals surface area contributed by atoms with E-state index in [9.17, 15) is 4.79 Å². The summed E-state index contributed by atoms with van der Waals surface area (Å²) in [4.78, 5) is 19.9. The van der Waals surface area contributed by atoms with Gasteiger partial charge in [-0.05, 0) is 24.3 Å². The van der Waals surface area contributed by atoms with Gasteiger partial charge in [-0.3, -0.25) is 10.1 Å². The molecule has 0 atom stereocenters. The van der Waals surface area contributed by atoms with Gasteiger partial charge in [-0.2, -0.15) is 4.98 Å². The predicted molar refractivity (Wildman–Crippen MR) is 71.2 cm³/mol. The minimum absolute atomic E-state index is 0.154. The summed E-state index contributed by atoms with van der Waals surface area (Å²) in [5.41, 5.74) is 1.69. The van der Waals surface area contributed by atoms with Crippen LogP contribution in [0.5, 0.6) is 0 Å². The summed E-state index contributed by atoms with van der Waals surface area (Å²) in [5, 5.41) is 2.90. The molecule has 0 unspecified atom stereocenters. The highest BCUT2D eigenvalue weighted by atomic mass is 35.5. The first-order chi connectivity index (χ1) is 9.22. The minimum Gasteiger partial charge on any atom is -0.423 e. The molecule has 0 aliphatic rings. The molecule has 2 aromatic heterocycles. The lowest BCUT2D eigenvalue weighted by atomic mass is 10.3. The molecule has 0 spiro atoms. The Balaban J connectivity index is 1.84. The number of para-hydroxylation sites is 2. The largest absolute Gasteiger partial charge is 0.423 e. The van der Waals surface area contributed by atoms with Crippen molar-refractivity contribution in [3.8, 4) is 0 Å². The van der Waals surface area contributed by atoms with E-state index < -0.39 is 0 Å². The van der Waals surface area contributed by atoms with E-state index in [1.54, 1.807) is 24.3 Å². The van der Waals surface area contributed by atoms with Gasteiger partial charge in [0.25, 0.3) is 5.91 Å². The van der Waals surface area contributed by atoms with Gasteiger partial charge in [-0.15, -0.1) is 0 Å². The number of pyridine rings is 1. The first-order valence-electron chi connectivity index (χ1n) is 5.51. The number of fused-ring (bicyclic) bond motifs is 1. The molecule has 3 rings (SSSR count). The molecule has 1 amide bonds. The summed E-state index contributed by atoms with van der Waals surface area (Å²) in [6, 6.07) is 10.5. The fourth-order valence-corrected chi connectivity index (χ4v) is 1.72. The molecule has 0 radical (unpaired) electrons. The van der Waals surface area contributed by atoms with E-state index in [0.717, 1.165) is 0 Å². The van der Waals surface area contributed by atoms with Crippen molar-refractivity contribution < 1.29 is 9.21 Å². The van der Waals surface area contributed by atoms with Crippen LogP contribution in [-0.4, -0.2) is 15.9 Å². The van der Waals surface area contributed by atoms with Gasteiger partial charge >= 0.3 is 6.01 Å². The van der Waals surface area contributed by atoms with Gasteiger partial charge in [-0.1, -0.05) is 23.7 Å². The number of nitrogens with one attached hydrogen (secondary N) is 1. The Morgan fingerprint density at radius 1 is 1.21 bits per heavy atom. The van der Waals surface area contributed by atoms with E-state index in [4.69, 9.17) is 16.0 Å². The molecule has 0 fully saturated rings. The summed E-state index contributed by atoms with van der Waals surface area (Å²) >= 11 is 5.66. The molecule has 19 heavy (non-hydrogen) atoms. The van der Waals surface area contributed by atoms with Crippen molar-refractivity contribution in [1.29, 1.82) is 0 Å². The van der Waals surface area contributed by atoms with Gasteiger partial charge in [-0.25, -0.2) is 4.98 Å². The molecule has 0 saturated carbocycles. The van der Waals surface area contributed by atoms with Crippen molar-refractivity contribution in [3.05, 3.63) is 53.3 Å². The zero-order chi connectivity index (χ0) is 13.2. The number of anilines is 1. The van der Waals surface area contributed by atoms with Gasteiger partial charge in [0.2, 0.25) is 0 Å². The van der Waals surface area contributed by atoms with Crippen LogP contribution in [0, 0.1) is 0 Å². The number of benzene rings is 1. The van der Waals surface area contributed by atoms with Gasteiger partial charge < -0.3 is 4.42 Å². The van der Waals surface area contributed by atoms with Gasteiger partial charge in [0.05, 0.1) is 5.56 Å². The van der Waals surface area contributed by atoms with Crippen LogP contribution in [0.3, 0.4) is 0 Å². The topological polar surface area (TPSA) is 68.0 Å². The Morgan fingerprint density at radius 2 is 2.05 bits per heavy atom. The van der Waals surface area contributed by atoms with Crippen LogP contribution in [0.2, 0.25) is 5.15 Å². The summed E-state index contributed by atoms with van der Waals surface area (Å²) in [6.45, 7) is 0. The number of amides is 1. The van der Waals surface area contributed by atoms with E-state index in [-0.39, 0.29) is 11.9 Å². The summed E-state index contributed by atoms with van der Waals surface area (Å²) in [7, 11) is 0. The molecular formula is C13H8ClN3O2. The van der Waals surface area contributed by atoms with Crippen molar-refractivity contribution in [2.24, 2.45) is 0 Å². The minimum atomic E-state index is -0.351. The maximum absolute atomic E-state index is 11.9. The van der Waals surface area contributed by atoms with Crippen molar-refractivity contribution in [1.82, 2.24) is 9.97 Å². The summed E-state index contributed by atoms with van der Waals surface area (Å²) < 4.78 is 5.39. The quantitative estimate of drug-likeness (QED) is 0.728. The standard InChI is InChI=1S/C13H8ClN3O2/c14-11-6-5-8(7-15-11)12(18)17-13-16-9-3-1-2-4-10(9)19-13/h1-7H,(H,16,17,18). The number of nitrogens with zero attached hydrogens (tertiary/aromatic N) is 2. The Hall–Kier alpha value is -2.40. The number of carbonyl (C=O) groups excluding carboxylic acids is 1. The Morgan fingerprint density at radius 3 is 2.79 bits per heavy atom. The molecule has 6 heteroatoms. The maximum atomic E-state index is 11.9. The number of aromatic nitrogens is 2. The molecule has 0 saturated heterocycles. The van der Waals surface area contributed by atoms with Crippen LogP contribution in [0.15, 0.2) is 47.0 Å². The number of oxazole rings is 1. The van der Waals surface area contributed by atoms with Gasteiger partial charge in [0.15, 0.2) is 5.58 Å². The van der Waals surface area contributed by atoms with Crippen LogP contribution in [0.25, 0.3) is 11.1 Å². The van der Waals surface area contributed by atoms with Crippen molar-refractivity contribution in [2.45, 2.75) is 0 Å². The Bertz CT molecular complexity index is 704. The van der Waals surface area contributed by atoms with Gasteiger partial charge in [0, 0.05) is 6.20 Å². The van der Waals surface area contributed by atoms with Crippen LogP contribution in [0.1, 0.15) is 10.4 Å². The van der Waals surface area contributed by atoms with Crippen LogP contribution < -0.4 is 5.32 Å². The second-order valence-electron chi connectivity index (χ2n) is 3.81. The highest BCUT2D eigenvalue weighted by Gasteiger charge is 2.11. The zero-order valence-electron chi connectivity index (χ0n) is 9.63. The van der Waals surface area contributed by atoms with E-state index in [2.05, 4.69) is 15.3 Å². The molecule has 1 aromatic carbocycles. The predicted octanol–water partition coefficient (Wildman–Crippen LogP) is 3.13. The first kappa shape index (κ1) is 11.7. The van der Waals surface area contributed by atoms with Gasteiger partial charge in [0.1, 0.15) is 10.7 Å². The number of rotatable bonds is 2. The SMILES string of the molecule is O=C(Nc1nc2ccccc2o1)c1ccc(Cl)nc1. The number of hydrogen-bond acceptors (Lipinski definition) is 4. The first-order valence-corrected chi connectivity index (χ1v) is 5.89. The molecule has 0 aliphatic carbocycles. The second-order valence-corrected chi connectivity index (χ2v) is 4.20. The number of halogens is 1. The highest BCUT2D eigenvalue weighted by Crippen LogP contribution is 2.18. The second kappa shape index (κ2) is 4.70. The zero-order valence-corrected chi connectivity index (χ0v) is 10.4. The molecule has 0 aliphatic heterocycles. The lowest BCUT2D eigenvalue weighted by molar-refractivity contribution is 0.102. The fourth-order valence-electron chi connectivity index (χ4n) is 1.61. The molecular weight excluding hydrogens is 266 g/mol.